The minimum atomic E-state index is -0.979. The second-order valence-electron chi connectivity index (χ2n) is 12.2. The van der Waals surface area contributed by atoms with Crippen LogP contribution in [0.5, 0.6) is 11.5 Å². The Bertz CT molecular complexity index is 1710. The molecule has 3 aliphatic rings. The molecule has 0 aliphatic carbocycles. The molecule has 0 saturated carbocycles. The van der Waals surface area contributed by atoms with Crippen molar-refractivity contribution in [3.05, 3.63) is 106 Å². The lowest BCUT2D eigenvalue weighted by Crippen LogP contribution is -2.56. The Labute approximate surface area is 285 Å². The molecule has 3 aromatic carbocycles. The Balaban J connectivity index is 1.22. The number of nitrogens with one attached hydrogen (secondary N) is 1. The summed E-state index contributed by atoms with van der Waals surface area (Å²) < 4.78 is 21.7. The third-order valence-electron chi connectivity index (χ3n) is 9.13. The smallest absolute Gasteiger partial charge is 0.341 e. The van der Waals surface area contributed by atoms with E-state index in [4.69, 9.17) is 18.9 Å². The minimum absolute atomic E-state index is 0.0398. The average Bonchev–Trinajstić information content (AvgIpc) is 3.61. The van der Waals surface area contributed by atoms with Crippen LogP contribution in [0.25, 0.3) is 0 Å². The molecule has 3 aliphatic heterocycles. The van der Waals surface area contributed by atoms with Gasteiger partial charge < -0.3 is 24.3 Å². The van der Waals surface area contributed by atoms with Crippen LogP contribution >= 0.6 is 0 Å². The largest absolute Gasteiger partial charge is 0.465 e. The lowest BCUT2D eigenvalue weighted by atomic mass is 9.94. The number of methoxy groups -OCH3 is 1. The number of urea groups is 1. The number of allylic oxidation sites excluding steroid dienone is 1. The first-order valence-corrected chi connectivity index (χ1v) is 16.4. The molecular formula is C37H40N4O8. The van der Waals surface area contributed by atoms with E-state index in [0.717, 1.165) is 36.9 Å². The van der Waals surface area contributed by atoms with Crippen molar-refractivity contribution in [3.63, 3.8) is 0 Å². The van der Waals surface area contributed by atoms with Gasteiger partial charge in [-0.25, -0.2) is 19.4 Å². The molecule has 2 unspecified atom stereocenters. The van der Waals surface area contributed by atoms with Gasteiger partial charge >= 0.3 is 18.0 Å². The van der Waals surface area contributed by atoms with E-state index < -0.39 is 18.0 Å². The molecule has 0 radical (unpaired) electrons. The number of benzene rings is 3. The van der Waals surface area contributed by atoms with E-state index in [2.05, 4.69) is 10.2 Å². The highest BCUT2D eigenvalue weighted by Crippen LogP contribution is 2.41. The minimum Gasteiger partial charge on any atom is -0.465 e. The molecule has 12 heteroatoms. The Morgan fingerprint density at radius 3 is 2.49 bits per heavy atom. The van der Waals surface area contributed by atoms with Crippen LogP contribution in [0.1, 0.15) is 71.7 Å². The molecule has 256 valence electrons. The maximum atomic E-state index is 13.8. The molecule has 0 spiro atoms. The summed E-state index contributed by atoms with van der Waals surface area (Å²) in [5.41, 5.74) is 3.52. The number of hydrogen-bond acceptors (Lipinski definition) is 9. The number of hydrogen-bond donors (Lipinski definition) is 1. The Morgan fingerprint density at radius 2 is 1.73 bits per heavy atom. The van der Waals surface area contributed by atoms with E-state index in [0.29, 0.717) is 47.7 Å². The number of carbonyl (C=O) groups is 4. The van der Waals surface area contributed by atoms with Gasteiger partial charge in [-0.3, -0.25) is 14.7 Å². The third-order valence-corrected chi connectivity index (χ3v) is 9.13. The highest BCUT2D eigenvalue weighted by molar-refractivity contribution is 5.95. The van der Waals surface area contributed by atoms with E-state index >= 15 is 0 Å². The summed E-state index contributed by atoms with van der Waals surface area (Å²) in [7, 11) is 1.36. The number of carbonyl (C=O) groups excluding carboxylic acids is 4. The molecule has 3 aromatic rings. The van der Waals surface area contributed by atoms with Crippen LogP contribution in [0.3, 0.4) is 0 Å². The van der Waals surface area contributed by atoms with Gasteiger partial charge in [-0.15, -0.1) is 0 Å². The zero-order valence-corrected chi connectivity index (χ0v) is 27.6. The first-order valence-electron chi connectivity index (χ1n) is 16.4. The van der Waals surface area contributed by atoms with Crippen molar-refractivity contribution in [3.8, 4) is 11.5 Å². The molecule has 3 heterocycles. The van der Waals surface area contributed by atoms with Crippen LogP contribution in [0.15, 0.2) is 84.1 Å². The number of hydrazine groups is 1. The quantitative estimate of drug-likeness (QED) is 0.203. The number of fused-ring (bicyclic) bond motifs is 1. The normalized spacial score (nSPS) is 18.9. The number of rotatable bonds is 12. The van der Waals surface area contributed by atoms with Gasteiger partial charge in [-0.05, 0) is 73.7 Å². The molecule has 2 atom stereocenters. The summed E-state index contributed by atoms with van der Waals surface area (Å²) in [6.07, 6.45) is 4.28. The number of piperidine rings is 1. The van der Waals surface area contributed by atoms with E-state index in [1.165, 1.54) is 17.1 Å². The summed E-state index contributed by atoms with van der Waals surface area (Å²) in [4.78, 5) is 54.5. The molecule has 1 N–H and O–H groups in total. The van der Waals surface area contributed by atoms with Crippen LogP contribution in [-0.4, -0.2) is 72.8 Å². The Morgan fingerprint density at radius 1 is 0.980 bits per heavy atom. The molecule has 1 saturated heterocycles. The average molecular weight is 669 g/mol. The van der Waals surface area contributed by atoms with Gasteiger partial charge in [0.05, 0.1) is 18.2 Å². The molecule has 6 rings (SSSR count). The molecule has 1 fully saturated rings. The fraction of sp³-hybridized carbons (Fsp3) is 0.351. The maximum Gasteiger partial charge on any atom is 0.341 e. The SMILES string of the molecule is COC(=O)c1ccc(C2CCCCN2CCCN(C=O)N2C(=O)NC(C)=C(C(=O)OCc3ccccc3)C2c2ccc3c(c2)OCO3)cc1. The van der Waals surface area contributed by atoms with Gasteiger partial charge in [0, 0.05) is 24.8 Å². The first-order chi connectivity index (χ1) is 23.9. The van der Waals surface area contributed by atoms with Crippen molar-refractivity contribution < 1.29 is 38.1 Å². The fourth-order valence-electron chi connectivity index (χ4n) is 6.69. The van der Waals surface area contributed by atoms with Crippen molar-refractivity contribution in [2.45, 2.75) is 51.3 Å². The molecule has 3 amide bonds. The lowest BCUT2D eigenvalue weighted by molar-refractivity contribution is -0.144. The van der Waals surface area contributed by atoms with E-state index in [1.54, 1.807) is 37.3 Å². The van der Waals surface area contributed by atoms with Crippen LogP contribution < -0.4 is 14.8 Å². The van der Waals surface area contributed by atoms with Gasteiger partial charge in [0.2, 0.25) is 13.2 Å². The second-order valence-corrected chi connectivity index (χ2v) is 12.2. The fourth-order valence-corrected chi connectivity index (χ4v) is 6.69. The maximum absolute atomic E-state index is 13.8. The number of amides is 3. The summed E-state index contributed by atoms with van der Waals surface area (Å²) in [5, 5.41) is 5.39. The molecular weight excluding hydrogens is 628 g/mol. The van der Waals surface area contributed by atoms with Crippen molar-refractivity contribution in [1.29, 1.82) is 0 Å². The van der Waals surface area contributed by atoms with Crippen LogP contribution in [0.4, 0.5) is 4.79 Å². The lowest BCUT2D eigenvalue weighted by Gasteiger charge is -2.42. The topological polar surface area (TPSA) is 127 Å². The molecule has 49 heavy (non-hydrogen) atoms. The van der Waals surface area contributed by atoms with Crippen molar-refractivity contribution in [1.82, 2.24) is 20.2 Å². The van der Waals surface area contributed by atoms with E-state index in [9.17, 15) is 19.2 Å². The van der Waals surface area contributed by atoms with Gasteiger partial charge in [0.15, 0.2) is 11.5 Å². The summed E-state index contributed by atoms with van der Waals surface area (Å²) in [6, 6.07) is 20.7. The second kappa shape index (κ2) is 15.2. The zero-order valence-electron chi connectivity index (χ0n) is 27.6. The van der Waals surface area contributed by atoms with Crippen LogP contribution in [-0.2, 0) is 25.7 Å². The number of esters is 2. The van der Waals surface area contributed by atoms with E-state index in [-0.39, 0.29) is 37.5 Å². The van der Waals surface area contributed by atoms with Crippen LogP contribution in [0, 0.1) is 0 Å². The highest BCUT2D eigenvalue weighted by Gasteiger charge is 2.42. The number of nitrogens with zero attached hydrogens (tertiary/aromatic N) is 3. The monoisotopic (exact) mass is 668 g/mol. The molecule has 12 nitrogen and oxygen atoms in total. The standard InChI is InChI=1S/C37H40N4O8/c1-25-33(36(44)47-22-26-9-4-3-5-10-26)34(29-16-17-31-32(21-29)49-24-48-31)41(37(45)38-25)40(23-42)20-8-19-39-18-7-6-11-30(39)27-12-14-28(15-13-27)35(43)46-2/h3-5,9-10,12-17,21,23,30,34H,6-8,11,18-20,22,24H2,1-2H3,(H,38,45). The highest BCUT2D eigenvalue weighted by atomic mass is 16.7. The Kier molecular flexibility index (Phi) is 10.4. The molecule has 0 aromatic heterocycles. The number of ether oxygens (including phenoxy) is 4. The predicted octanol–water partition coefficient (Wildman–Crippen LogP) is 5.28. The van der Waals surface area contributed by atoms with Gasteiger partial charge in [-0.1, -0.05) is 55.0 Å². The number of likely N-dealkylation sites (tertiary alicyclic amines) is 1. The zero-order chi connectivity index (χ0) is 34.3. The van der Waals surface area contributed by atoms with Gasteiger partial charge in [-0.2, -0.15) is 0 Å². The first kappa shape index (κ1) is 33.5. The van der Waals surface area contributed by atoms with Gasteiger partial charge in [0.1, 0.15) is 12.6 Å². The third kappa shape index (κ3) is 7.39. The summed E-state index contributed by atoms with van der Waals surface area (Å²) in [5.74, 6) is 0.0351. The predicted molar refractivity (Wildman–Crippen MR) is 178 cm³/mol. The van der Waals surface area contributed by atoms with E-state index in [1.807, 2.05) is 42.5 Å². The van der Waals surface area contributed by atoms with Crippen molar-refractivity contribution in [2.24, 2.45) is 0 Å². The van der Waals surface area contributed by atoms with Crippen molar-refractivity contribution >= 4 is 24.4 Å². The Hall–Kier alpha value is -5.36. The summed E-state index contributed by atoms with van der Waals surface area (Å²) >= 11 is 0. The molecule has 0 bridgehead atoms. The summed E-state index contributed by atoms with van der Waals surface area (Å²) in [6.45, 7) is 3.51. The van der Waals surface area contributed by atoms with Crippen molar-refractivity contribution in [2.75, 3.05) is 33.5 Å². The van der Waals surface area contributed by atoms with Crippen LogP contribution in [0.2, 0.25) is 0 Å². The van der Waals surface area contributed by atoms with Gasteiger partial charge in [0.25, 0.3) is 0 Å².